The Morgan fingerprint density at radius 1 is 1.20 bits per heavy atom. The second-order valence-electron chi connectivity index (χ2n) is 5.98. The summed E-state index contributed by atoms with van der Waals surface area (Å²) in [6, 6.07) is 7.14. The van der Waals surface area contributed by atoms with Crippen molar-refractivity contribution < 1.29 is 8.42 Å². The van der Waals surface area contributed by atoms with E-state index < -0.39 is 10.0 Å². The highest BCUT2D eigenvalue weighted by molar-refractivity contribution is 7.89. The van der Waals surface area contributed by atoms with Crippen LogP contribution in [-0.4, -0.2) is 25.8 Å². The molecule has 1 aromatic rings. The average molecular weight is 291 g/mol. The van der Waals surface area contributed by atoms with Gasteiger partial charge < -0.3 is 0 Å². The van der Waals surface area contributed by atoms with E-state index in [9.17, 15) is 8.42 Å². The van der Waals surface area contributed by atoms with Crippen LogP contribution >= 0.6 is 0 Å². The van der Waals surface area contributed by atoms with E-state index in [2.05, 4.69) is 19.9 Å². The second kappa shape index (κ2) is 4.71. The van der Waals surface area contributed by atoms with Crippen LogP contribution in [-0.2, 0) is 10.0 Å². The summed E-state index contributed by atoms with van der Waals surface area (Å²) in [6.07, 6.45) is 2.16. The molecule has 3 nitrogen and oxygen atoms in total. The van der Waals surface area contributed by atoms with Crippen LogP contribution in [0.4, 0.5) is 0 Å². The van der Waals surface area contributed by atoms with Crippen LogP contribution in [0.15, 0.2) is 40.8 Å². The van der Waals surface area contributed by atoms with Gasteiger partial charge in [0.2, 0.25) is 10.0 Å². The third kappa shape index (κ3) is 1.93. The van der Waals surface area contributed by atoms with Gasteiger partial charge in [0.05, 0.1) is 4.90 Å². The number of aryl methyl sites for hydroxylation is 1. The summed E-state index contributed by atoms with van der Waals surface area (Å²) < 4.78 is 27.0. The fourth-order valence-electron chi connectivity index (χ4n) is 3.65. The molecule has 3 rings (SSSR count). The molecule has 108 valence electrons. The van der Waals surface area contributed by atoms with Gasteiger partial charge in [-0.2, -0.15) is 4.31 Å². The highest BCUT2D eigenvalue weighted by Crippen LogP contribution is 2.50. The lowest BCUT2D eigenvalue weighted by molar-refractivity contribution is 0.246. The molecule has 3 atom stereocenters. The standard InChI is InChI=1S/C16H21NO2S/c1-4-14-12(3)15-9-17(10-16(14)15)20(18,19)13-7-5-11(2)6-8-13/h4-8,12,15-16H,9-10H2,1-3H3/b14-4-/t12-,15+,16-/m0/s1. The maximum Gasteiger partial charge on any atom is 0.243 e. The first-order valence-corrected chi connectivity index (χ1v) is 8.62. The molecule has 0 spiro atoms. The summed E-state index contributed by atoms with van der Waals surface area (Å²) in [5.41, 5.74) is 2.51. The van der Waals surface area contributed by atoms with Crippen molar-refractivity contribution in [1.82, 2.24) is 4.31 Å². The highest BCUT2D eigenvalue weighted by Gasteiger charge is 2.51. The summed E-state index contributed by atoms with van der Waals surface area (Å²) in [6.45, 7) is 7.54. The number of allylic oxidation sites excluding steroid dienone is 1. The molecule has 0 bridgehead atoms. The predicted octanol–water partition coefficient (Wildman–Crippen LogP) is 2.83. The number of sulfonamides is 1. The maximum absolute atomic E-state index is 12.7. The van der Waals surface area contributed by atoms with Crippen molar-refractivity contribution in [3.05, 3.63) is 41.5 Å². The van der Waals surface area contributed by atoms with Crippen molar-refractivity contribution >= 4 is 10.0 Å². The highest BCUT2D eigenvalue weighted by atomic mass is 32.2. The molecule has 20 heavy (non-hydrogen) atoms. The topological polar surface area (TPSA) is 37.4 Å². The van der Waals surface area contributed by atoms with Crippen molar-refractivity contribution in [1.29, 1.82) is 0 Å². The third-order valence-corrected chi connectivity index (χ3v) is 6.77. The van der Waals surface area contributed by atoms with E-state index in [0.29, 0.717) is 35.7 Å². The van der Waals surface area contributed by atoms with Crippen LogP contribution in [0.25, 0.3) is 0 Å². The third-order valence-electron chi connectivity index (χ3n) is 4.92. The second-order valence-corrected chi connectivity index (χ2v) is 7.92. The number of rotatable bonds is 2. The molecular weight excluding hydrogens is 270 g/mol. The Morgan fingerprint density at radius 2 is 1.85 bits per heavy atom. The van der Waals surface area contributed by atoms with Gasteiger partial charge in [-0.05, 0) is 43.7 Å². The normalized spacial score (nSPS) is 32.1. The Morgan fingerprint density at radius 3 is 2.45 bits per heavy atom. The molecule has 1 aliphatic carbocycles. The van der Waals surface area contributed by atoms with E-state index >= 15 is 0 Å². The minimum Gasteiger partial charge on any atom is -0.207 e. The Hall–Kier alpha value is -1.13. The molecule has 1 saturated heterocycles. The molecular formula is C16H21NO2S. The zero-order valence-corrected chi connectivity index (χ0v) is 13.0. The molecule has 0 radical (unpaired) electrons. The van der Waals surface area contributed by atoms with Crippen molar-refractivity contribution in [3.63, 3.8) is 0 Å². The van der Waals surface area contributed by atoms with Crippen molar-refractivity contribution in [2.24, 2.45) is 17.8 Å². The lowest BCUT2D eigenvalue weighted by Gasteiger charge is -2.40. The predicted molar refractivity (Wildman–Crippen MR) is 79.8 cm³/mol. The van der Waals surface area contributed by atoms with Gasteiger partial charge in [0.25, 0.3) is 0 Å². The van der Waals surface area contributed by atoms with Gasteiger partial charge in [-0.1, -0.05) is 36.3 Å². The Balaban J connectivity index is 1.86. The van der Waals surface area contributed by atoms with Crippen molar-refractivity contribution in [3.8, 4) is 0 Å². The van der Waals surface area contributed by atoms with Crippen molar-refractivity contribution in [2.45, 2.75) is 25.7 Å². The van der Waals surface area contributed by atoms with E-state index in [1.54, 1.807) is 16.4 Å². The monoisotopic (exact) mass is 291 g/mol. The fraction of sp³-hybridized carbons (Fsp3) is 0.500. The molecule has 2 aliphatic rings. The summed E-state index contributed by atoms with van der Waals surface area (Å²) >= 11 is 0. The number of hydrogen-bond acceptors (Lipinski definition) is 2. The molecule has 0 amide bonds. The zero-order valence-electron chi connectivity index (χ0n) is 12.2. The summed E-state index contributed by atoms with van der Waals surface area (Å²) in [4.78, 5) is 0.416. The molecule has 2 fully saturated rings. The fourth-order valence-corrected chi connectivity index (χ4v) is 5.15. The number of fused-ring (bicyclic) bond motifs is 1. The van der Waals surface area contributed by atoms with Gasteiger partial charge >= 0.3 is 0 Å². The zero-order chi connectivity index (χ0) is 14.5. The molecule has 4 heteroatoms. The average Bonchev–Trinajstić information content (AvgIpc) is 2.81. The molecule has 1 heterocycles. The molecule has 0 unspecified atom stereocenters. The van der Waals surface area contributed by atoms with Gasteiger partial charge in [-0.25, -0.2) is 8.42 Å². The first-order chi connectivity index (χ1) is 9.45. The van der Waals surface area contributed by atoms with E-state index in [1.807, 2.05) is 19.1 Å². The van der Waals surface area contributed by atoms with Crippen LogP contribution in [0.5, 0.6) is 0 Å². The minimum atomic E-state index is -3.33. The summed E-state index contributed by atoms with van der Waals surface area (Å²) in [5, 5.41) is 0. The van der Waals surface area contributed by atoms with Crippen LogP contribution in [0.1, 0.15) is 19.4 Å². The molecule has 1 saturated carbocycles. The van der Waals surface area contributed by atoms with E-state index in [0.717, 1.165) is 5.56 Å². The molecule has 0 N–H and O–H groups in total. The van der Waals surface area contributed by atoms with Gasteiger partial charge in [0.15, 0.2) is 0 Å². The molecule has 0 aromatic heterocycles. The maximum atomic E-state index is 12.7. The van der Waals surface area contributed by atoms with Gasteiger partial charge in [-0.3, -0.25) is 0 Å². The summed E-state index contributed by atoms with van der Waals surface area (Å²) in [5.74, 6) is 1.47. The van der Waals surface area contributed by atoms with Crippen LogP contribution in [0.3, 0.4) is 0 Å². The van der Waals surface area contributed by atoms with Gasteiger partial charge in [0.1, 0.15) is 0 Å². The van der Waals surface area contributed by atoms with Gasteiger partial charge in [0, 0.05) is 13.1 Å². The lowest BCUT2D eigenvalue weighted by Crippen LogP contribution is -2.36. The first-order valence-electron chi connectivity index (χ1n) is 7.18. The lowest BCUT2D eigenvalue weighted by atomic mass is 9.63. The first kappa shape index (κ1) is 13.8. The number of benzene rings is 1. The molecule has 1 aliphatic heterocycles. The molecule has 1 aromatic carbocycles. The Bertz CT molecular complexity index is 646. The van der Waals surface area contributed by atoms with Crippen LogP contribution in [0, 0.1) is 24.7 Å². The Labute approximate surface area is 121 Å². The van der Waals surface area contributed by atoms with Crippen LogP contribution in [0.2, 0.25) is 0 Å². The Kier molecular flexibility index (Phi) is 3.26. The quantitative estimate of drug-likeness (QED) is 0.786. The summed E-state index contributed by atoms with van der Waals surface area (Å²) in [7, 11) is -3.33. The van der Waals surface area contributed by atoms with E-state index in [-0.39, 0.29) is 0 Å². The number of nitrogens with zero attached hydrogens (tertiary/aromatic N) is 1. The van der Waals surface area contributed by atoms with Crippen LogP contribution < -0.4 is 0 Å². The number of hydrogen-bond donors (Lipinski definition) is 0. The smallest absolute Gasteiger partial charge is 0.207 e. The SMILES string of the molecule is C/C=C1/[C@H](C)[C@H]2CN(S(=O)(=O)c3ccc(C)cc3)C[C@@H]12. The minimum absolute atomic E-state index is 0.416. The van der Waals surface area contributed by atoms with E-state index in [1.165, 1.54) is 5.57 Å². The largest absolute Gasteiger partial charge is 0.243 e. The van der Waals surface area contributed by atoms with Crippen molar-refractivity contribution in [2.75, 3.05) is 13.1 Å². The van der Waals surface area contributed by atoms with E-state index in [4.69, 9.17) is 0 Å². The van der Waals surface area contributed by atoms with Gasteiger partial charge in [-0.15, -0.1) is 0 Å².